The van der Waals surface area contributed by atoms with Crippen LogP contribution >= 0.6 is 11.3 Å². The van der Waals surface area contributed by atoms with E-state index in [1.807, 2.05) is 0 Å². The van der Waals surface area contributed by atoms with Gasteiger partial charge in [-0.05, 0) is 42.5 Å². The highest BCUT2D eigenvalue weighted by molar-refractivity contribution is 7.07. The molecule has 0 amide bonds. The van der Waals surface area contributed by atoms with Gasteiger partial charge in [0, 0.05) is 22.6 Å². The molecule has 37 heavy (non-hydrogen) atoms. The van der Waals surface area contributed by atoms with E-state index in [0.29, 0.717) is 39.8 Å². The van der Waals surface area contributed by atoms with Gasteiger partial charge in [-0.1, -0.05) is 0 Å². The average Bonchev–Trinajstić information content (AvgIpc) is 3.31. The third kappa shape index (κ3) is 5.41. The monoisotopic (exact) mass is 527 g/mol. The number of rotatable bonds is 8. The number of nitrogens with zero attached hydrogens (tertiary/aromatic N) is 3. The fraction of sp³-hybridized carbons (Fsp3) is 0.154. The van der Waals surface area contributed by atoms with Crippen molar-refractivity contribution in [1.82, 2.24) is 4.68 Å². The Morgan fingerprint density at radius 1 is 0.892 bits per heavy atom. The molecule has 0 saturated heterocycles. The Labute approximate surface area is 215 Å². The maximum absolute atomic E-state index is 14.4. The Balaban J connectivity index is 1.94. The van der Waals surface area contributed by atoms with Crippen LogP contribution in [-0.2, 0) is 0 Å². The van der Waals surface area contributed by atoms with Crippen molar-refractivity contribution in [1.29, 1.82) is 0 Å². The van der Waals surface area contributed by atoms with E-state index in [4.69, 9.17) is 18.9 Å². The summed E-state index contributed by atoms with van der Waals surface area (Å²) in [5.74, 6) is 0.247. The van der Waals surface area contributed by atoms with Crippen molar-refractivity contribution < 1.29 is 32.8 Å². The van der Waals surface area contributed by atoms with E-state index < -0.39 is 11.6 Å². The molecule has 4 rings (SSSR count). The van der Waals surface area contributed by atoms with Crippen molar-refractivity contribution in [2.24, 2.45) is 10.1 Å². The predicted octanol–water partition coefficient (Wildman–Crippen LogP) is 5.35. The zero-order valence-corrected chi connectivity index (χ0v) is 21.2. The zero-order valence-electron chi connectivity index (χ0n) is 20.4. The summed E-state index contributed by atoms with van der Waals surface area (Å²) in [7, 11) is 6.02. The van der Waals surface area contributed by atoms with Crippen molar-refractivity contribution in [2.45, 2.75) is 0 Å². The molecule has 0 saturated carbocycles. The van der Waals surface area contributed by atoms with Crippen LogP contribution in [0.15, 0.2) is 64.0 Å². The van der Waals surface area contributed by atoms with Crippen LogP contribution in [0.25, 0.3) is 11.3 Å². The van der Waals surface area contributed by atoms with E-state index in [1.165, 1.54) is 62.8 Å². The molecule has 0 atom stereocenters. The first-order valence-electron chi connectivity index (χ1n) is 10.8. The minimum atomic E-state index is -0.816. The third-order valence-electron chi connectivity index (χ3n) is 5.32. The number of methoxy groups -OCH3 is 4. The zero-order chi connectivity index (χ0) is 26.5. The number of hydrogen-bond donors (Lipinski definition) is 1. The first-order valence-corrected chi connectivity index (χ1v) is 11.7. The second-order valence-corrected chi connectivity index (χ2v) is 8.34. The second kappa shape index (κ2) is 11.1. The molecule has 0 aliphatic rings. The third-order valence-corrected chi connectivity index (χ3v) is 6.13. The largest absolute Gasteiger partial charge is 0.507 e. The normalized spacial score (nSPS) is 11.7. The molecular formula is C26H23F2N3O5S. The fourth-order valence-electron chi connectivity index (χ4n) is 3.47. The van der Waals surface area contributed by atoms with Crippen LogP contribution in [0.3, 0.4) is 0 Å². The fourth-order valence-corrected chi connectivity index (χ4v) is 4.32. The molecule has 4 aromatic rings. The number of benzene rings is 3. The molecule has 1 heterocycles. The average molecular weight is 528 g/mol. The van der Waals surface area contributed by atoms with Crippen molar-refractivity contribution in [3.8, 4) is 40.0 Å². The van der Waals surface area contributed by atoms with Gasteiger partial charge in [-0.2, -0.15) is 5.10 Å². The van der Waals surface area contributed by atoms with Crippen molar-refractivity contribution in [3.63, 3.8) is 0 Å². The van der Waals surface area contributed by atoms with E-state index in [0.717, 1.165) is 12.1 Å². The van der Waals surface area contributed by atoms with Crippen LogP contribution in [0.2, 0.25) is 0 Å². The summed E-state index contributed by atoms with van der Waals surface area (Å²) < 4.78 is 50.9. The molecule has 0 bridgehead atoms. The van der Waals surface area contributed by atoms with Gasteiger partial charge < -0.3 is 24.1 Å². The van der Waals surface area contributed by atoms with E-state index in [1.54, 1.807) is 29.6 Å². The summed E-state index contributed by atoms with van der Waals surface area (Å²) >= 11 is 1.18. The Morgan fingerprint density at radius 3 is 2.24 bits per heavy atom. The van der Waals surface area contributed by atoms with Gasteiger partial charge in [-0.25, -0.2) is 18.4 Å². The highest BCUT2D eigenvalue weighted by Gasteiger charge is 2.17. The van der Waals surface area contributed by atoms with Gasteiger partial charge in [-0.15, -0.1) is 11.3 Å². The van der Waals surface area contributed by atoms with Crippen LogP contribution < -0.4 is 23.7 Å². The van der Waals surface area contributed by atoms with Crippen LogP contribution in [0.1, 0.15) is 5.56 Å². The van der Waals surface area contributed by atoms with E-state index in [9.17, 15) is 13.9 Å². The number of ether oxygens (including phenoxy) is 4. The molecule has 1 aromatic heterocycles. The van der Waals surface area contributed by atoms with Gasteiger partial charge in [0.1, 0.15) is 23.0 Å². The van der Waals surface area contributed by atoms with Crippen molar-refractivity contribution >= 4 is 23.2 Å². The summed E-state index contributed by atoms with van der Waals surface area (Å²) in [5, 5.41) is 16.6. The summed E-state index contributed by atoms with van der Waals surface area (Å²) in [5.41, 5.74) is 1.52. The second-order valence-electron chi connectivity index (χ2n) is 7.51. The summed E-state index contributed by atoms with van der Waals surface area (Å²) in [6.07, 6.45) is 1.42. The number of thiazole rings is 1. The van der Waals surface area contributed by atoms with Crippen LogP contribution in [0.5, 0.6) is 28.7 Å². The SMILES string of the molecule is COc1ccc(O)c(C=Nn2c(-c3cc(OC)c(OC)c(OC)c3)csc2=Nc2ccc(F)cc2F)c1. The molecule has 0 aliphatic carbocycles. The molecule has 0 fully saturated rings. The van der Waals surface area contributed by atoms with Gasteiger partial charge >= 0.3 is 0 Å². The Bertz CT molecular complexity index is 1510. The van der Waals surface area contributed by atoms with E-state index >= 15 is 0 Å². The van der Waals surface area contributed by atoms with E-state index in [-0.39, 0.29) is 16.2 Å². The van der Waals surface area contributed by atoms with Crippen molar-refractivity contribution in [3.05, 3.63) is 75.9 Å². The Kier molecular flexibility index (Phi) is 7.73. The van der Waals surface area contributed by atoms with E-state index in [2.05, 4.69) is 10.1 Å². The molecule has 3 aromatic carbocycles. The predicted molar refractivity (Wildman–Crippen MR) is 137 cm³/mol. The van der Waals surface area contributed by atoms with Gasteiger partial charge in [0.15, 0.2) is 17.3 Å². The molecule has 0 radical (unpaired) electrons. The molecule has 0 unspecified atom stereocenters. The topological polar surface area (TPSA) is 86.8 Å². The number of aromatic hydroxyl groups is 1. The van der Waals surface area contributed by atoms with Crippen LogP contribution in [0.4, 0.5) is 14.5 Å². The molecule has 0 aliphatic heterocycles. The lowest BCUT2D eigenvalue weighted by molar-refractivity contribution is 0.324. The van der Waals surface area contributed by atoms with Gasteiger partial charge in [0.05, 0.1) is 40.3 Å². The summed E-state index contributed by atoms with van der Waals surface area (Å²) in [4.78, 5) is 4.65. The highest BCUT2D eigenvalue weighted by atomic mass is 32.1. The summed E-state index contributed by atoms with van der Waals surface area (Å²) in [6, 6.07) is 11.3. The quantitative estimate of drug-likeness (QED) is 0.312. The molecule has 11 heteroatoms. The number of aromatic nitrogens is 1. The Morgan fingerprint density at radius 2 is 1.62 bits per heavy atom. The first-order chi connectivity index (χ1) is 17.9. The number of phenolic OH excluding ortho intramolecular Hbond substituents is 1. The molecule has 192 valence electrons. The maximum Gasteiger partial charge on any atom is 0.211 e. The minimum Gasteiger partial charge on any atom is -0.507 e. The standard InChI is InChI=1S/C26H23F2N3O5S/c1-33-18-6-8-22(32)16(9-18)13-29-31-21(15-10-23(34-2)25(36-4)24(11-15)35-3)14-37-26(31)30-20-7-5-17(27)12-19(20)28/h5-14,32H,1-4H3. The molecule has 8 nitrogen and oxygen atoms in total. The summed E-state index contributed by atoms with van der Waals surface area (Å²) in [6.45, 7) is 0. The highest BCUT2D eigenvalue weighted by Crippen LogP contribution is 2.41. The molecule has 1 N–H and O–H groups in total. The smallest absolute Gasteiger partial charge is 0.211 e. The first kappa shape index (κ1) is 25.7. The maximum atomic E-state index is 14.4. The van der Waals surface area contributed by atoms with Gasteiger partial charge in [0.2, 0.25) is 10.6 Å². The number of halogens is 2. The lowest BCUT2D eigenvalue weighted by Gasteiger charge is -2.14. The molecule has 0 spiro atoms. The van der Waals surface area contributed by atoms with Crippen LogP contribution in [-0.4, -0.2) is 44.4 Å². The lowest BCUT2D eigenvalue weighted by atomic mass is 10.1. The van der Waals surface area contributed by atoms with Gasteiger partial charge in [-0.3, -0.25) is 0 Å². The van der Waals surface area contributed by atoms with Crippen LogP contribution in [0, 0.1) is 11.6 Å². The Hall–Kier alpha value is -4.38. The molecular weight excluding hydrogens is 504 g/mol. The lowest BCUT2D eigenvalue weighted by Crippen LogP contribution is -2.12. The van der Waals surface area contributed by atoms with Crippen molar-refractivity contribution in [2.75, 3.05) is 28.4 Å². The van der Waals surface area contributed by atoms with Gasteiger partial charge in [0.25, 0.3) is 0 Å². The minimum absolute atomic E-state index is 0.0159. The number of hydrogen-bond acceptors (Lipinski definition) is 8. The number of phenols is 1.